The first-order valence-electron chi connectivity index (χ1n) is 8.64. The molecule has 1 heterocycles. The van der Waals surface area contributed by atoms with Gasteiger partial charge in [-0.05, 0) is 43.6 Å². The van der Waals surface area contributed by atoms with Crippen molar-refractivity contribution in [3.05, 3.63) is 23.7 Å². The molecule has 0 aromatic carbocycles. The quantitative estimate of drug-likeness (QED) is 0.591. The summed E-state index contributed by atoms with van der Waals surface area (Å²) in [5.74, 6) is -6.08. The Labute approximate surface area is 153 Å². The third-order valence-corrected chi connectivity index (χ3v) is 4.70. The molecule has 2 rings (SSSR count). The number of carbonyl (C=O) groups is 2. The molecule has 0 aliphatic heterocycles. The molecule has 0 spiro atoms. The van der Waals surface area contributed by atoms with Crippen molar-refractivity contribution in [3.8, 4) is 0 Å². The van der Waals surface area contributed by atoms with E-state index < -0.39 is 36.5 Å². The molecule has 1 aromatic rings. The molecule has 1 aliphatic carbocycles. The van der Waals surface area contributed by atoms with Gasteiger partial charge in [-0.25, -0.2) is 8.78 Å². The molecule has 10 heteroatoms. The highest BCUT2D eigenvalue weighted by atomic mass is 19.3. The van der Waals surface area contributed by atoms with Crippen LogP contribution >= 0.6 is 0 Å². The van der Waals surface area contributed by atoms with E-state index in [1.165, 1.54) is 0 Å². The fourth-order valence-corrected chi connectivity index (χ4v) is 3.00. The van der Waals surface area contributed by atoms with E-state index >= 15 is 0 Å². The second-order valence-electron chi connectivity index (χ2n) is 6.71. The van der Waals surface area contributed by atoms with Crippen LogP contribution in [0.2, 0.25) is 0 Å². The molecule has 0 saturated heterocycles. The van der Waals surface area contributed by atoms with Gasteiger partial charge < -0.3 is 20.2 Å². The summed E-state index contributed by atoms with van der Waals surface area (Å²) in [7, 11) is 0. The van der Waals surface area contributed by atoms with Gasteiger partial charge >= 0.3 is 5.92 Å². The molecule has 2 amide bonds. The first-order chi connectivity index (χ1) is 12.7. The molecule has 152 valence electrons. The van der Waals surface area contributed by atoms with Crippen LogP contribution < -0.4 is 10.6 Å². The molecule has 0 radical (unpaired) electrons. The van der Waals surface area contributed by atoms with Crippen molar-refractivity contribution in [2.24, 2.45) is 11.8 Å². The summed E-state index contributed by atoms with van der Waals surface area (Å²) in [6.07, 6.45) is 1.09. The Morgan fingerprint density at radius 3 is 2.19 bits per heavy atom. The summed E-state index contributed by atoms with van der Waals surface area (Å²) in [5, 5.41) is 13.3. The minimum absolute atomic E-state index is 0.0338. The lowest BCUT2D eigenvalue weighted by molar-refractivity contribution is -0.151. The first-order valence-corrected chi connectivity index (χ1v) is 8.64. The van der Waals surface area contributed by atoms with Crippen LogP contribution in [0.25, 0.3) is 0 Å². The summed E-state index contributed by atoms with van der Waals surface area (Å²) < 4.78 is 55.5. The highest BCUT2D eigenvalue weighted by molar-refractivity contribution is 5.93. The van der Waals surface area contributed by atoms with Crippen LogP contribution in [0.4, 0.5) is 17.6 Å². The van der Waals surface area contributed by atoms with Gasteiger partial charge in [0, 0.05) is 13.1 Å². The number of nitrogens with one attached hydrogen (secondary N) is 2. The molecule has 0 unspecified atom stereocenters. The van der Waals surface area contributed by atoms with Crippen LogP contribution in [0.5, 0.6) is 0 Å². The van der Waals surface area contributed by atoms with Gasteiger partial charge in [0.05, 0.1) is 5.56 Å². The van der Waals surface area contributed by atoms with E-state index in [4.69, 9.17) is 5.11 Å². The molecular formula is C17H22F4N2O4. The SMILES string of the molecule is O=C(NCC1CCC(CNC(=O)C(F)(F)CO)CC1)c1coc(C(F)F)c1. The van der Waals surface area contributed by atoms with Crippen molar-refractivity contribution in [3.63, 3.8) is 0 Å². The largest absolute Gasteiger partial charge is 0.462 e. The molecule has 6 nitrogen and oxygen atoms in total. The number of aliphatic hydroxyl groups excluding tert-OH is 1. The standard InChI is InChI=1S/C17H22F4N2O4/c18-14(19)13-5-12(8-27-13)15(25)22-6-10-1-3-11(4-2-10)7-23-16(26)17(20,21)9-24/h5,8,10-11,14,24H,1-4,6-7,9H2,(H,22,25)(H,23,26). The van der Waals surface area contributed by atoms with Gasteiger partial charge in [0.15, 0.2) is 5.76 Å². The lowest BCUT2D eigenvalue weighted by Gasteiger charge is -2.29. The fraction of sp³-hybridized carbons (Fsp3) is 0.647. The molecule has 27 heavy (non-hydrogen) atoms. The van der Waals surface area contributed by atoms with E-state index in [1.54, 1.807) is 0 Å². The lowest BCUT2D eigenvalue weighted by atomic mass is 9.82. The van der Waals surface area contributed by atoms with Crippen molar-refractivity contribution in [1.29, 1.82) is 0 Å². The summed E-state index contributed by atoms with van der Waals surface area (Å²) in [6.45, 7) is -1.05. The zero-order valence-electron chi connectivity index (χ0n) is 14.5. The highest BCUT2D eigenvalue weighted by Gasteiger charge is 2.38. The number of hydrogen-bond donors (Lipinski definition) is 3. The van der Waals surface area contributed by atoms with Gasteiger partial charge in [0.2, 0.25) is 0 Å². The van der Waals surface area contributed by atoms with Crippen LogP contribution in [0.1, 0.15) is 48.2 Å². The van der Waals surface area contributed by atoms with Crippen LogP contribution in [0.15, 0.2) is 16.7 Å². The number of amides is 2. The molecule has 1 aromatic heterocycles. The smallest absolute Gasteiger partial charge is 0.346 e. The van der Waals surface area contributed by atoms with Gasteiger partial charge in [-0.2, -0.15) is 8.78 Å². The predicted octanol–water partition coefficient (Wildman–Crippen LogP) is 2.50. The molecule has 1 fully saturated rings. The van der Waals surface area contributed by atoms with Crippen molar-refractivity contribution < 1.29 is 36.7 Å². The monoisotopic (exact) mass is 394 g/mol. The first kappa shape index (κ1) is 21.2. The van der Waals surface area contributed by atoms with Gasteiger partial charge in [0.1, 0.15) is 12.9 Å². The van der Waals surface area contributed by atoms with E-state index in [0.29, 0.717) is 19.4 Å². The van der Waals surface area contributed by atoms with Crippen LogP contribution in [0.3, 0.4) is 0 Å². The van der Waals surface area contributed by atoms with E-state index in [1.807, 2.05) is 0 Å². The van der Waals surface area contributed by atoms with Crippen molar-refractivity contribution in [2.75, 3.05) is 19.7 Å². The Morgan fingerprint density at radius 1 is 1.15 bits per heavy atom. The van der Waals surface area contributed by atoms with E-state index in [2.05, 4.69) is 15.1 Å². The Kier molecular flexibility index (Phi) is 7.23. The normalized spacial score (nSPS) is 20.5. The number of furan rings is 1. The lowest BCUT2D eigenvalue weighted by Crippen LogP contribution is -2.44. The second-order valence-corrected chi connectivity index (χ2v) is 6.71. The molecule has 0 bridgehead atoms. The van der Waals surface area contributed by atoms with E-state index in [0.717, 1.165) is 25.2 Å². The van der Waals surface area contributed by atoms with Gasteiger partial charge in [-0.1, -0.05) is 0 Å². The van der Waals surface area contributed by atoms with Crippen molar-refractivity contribution in [2.45, 2.75) is 38.0 Å². The maximum atomic E-state index is 13.0. The Balaban J connectivity index is 1.68. The number of hydrogen-bond acceptors (Lipinski definition) is 4. The van der Waals surface area contributed by atoms with Crippen LogP contribution in [0, 0.1) is 11.8 Å². The van der Waals surface area contributed by atoms with Crippen molar-refractivity contribution in [1.82, 2.24) is 10.6 Å². The summed E-state index contributed by atoms with van der Waals surface area (Å²) in [6, 6.07) is 1.00. The zero-order chi connectivity index (χ0) is 20.0. The average Bonchev–Trinajstić information content (AvgIpc) is 3.15. The Hall–Kier alpha value is -2.10. The molecule has 3 N–H and O–H groups in total. The zero-order valence-corrected chi connectivity index (χ0v) is 14.5. The highest BCUT2D eigenvalue weighted by Crippen LogP contribution is 2.28. The van der Waals surface area contributed by atoms with Crippen LogP contribution in [-0.4, -0.2) is 42.5 Å². The fourth-order valence-electron chi connectivity index (χ4n) is 3.00. The third-order valence-electron chi connectivity index (χ3n) is 4.70. The second kappa shape index (κ2) is 9.20. The number of rotatable bonds is 8. The summed E-state index contributed by atoms with van der Waals surface area (Å²) in [4.78, 5) is 23.2. The molecule has 1 saturated carbocycles. The maximum absolute atomic E-state index is 13.0. The van der Waals surface area contributed by atoms with E-state index in [-0.39, 0.29) is 23.9 Å². The van der Waals surface area contributed by atoms with E-state index in [9.17, 15) is 27.2 Å². The minimum atomic E-state index is -3.78. The Morgan fingerprint density at radius 2 is 1.70 bits per heavy atom. The van der Waals surface area contributed by atoms with Crippen molar-refractivity contribution >= 4 is 11.8 Å². The molecular weight excluding hydrogens is 372 g/mol. The van der Waals surface area contributed by atoms with Gasteiger partial charge in [-0.15, -0.1) is 0 Å². The Bertz CT molecular complexity index is 643. The molecule has 0 atom stereocenters. The number of aliphatic hydroxyl groups is 1. The molecule has 1 aliphatic rings. The maximum Gasteiger partial charge on any atom is 0.346 e. The minimum Gasteiger partial charge on any atom is -0.462 e. The predicted molar refractivity (Wildman–Crippen MR) is 86.5 cm³/mol. The number of alkyl halides is 4. The summed E-state index contributed by atoms with van der Waals surface area (Å²) >= 11 is 0. The number of carbonyl (C=O) groups excluding carboxylic acids is 2. The topological polar surface area (TPSA) is 91.6 Å². The third kappa shape index (κ3) is 5.95. The average molecular weight is 394 g/mol. The van der Waals surface area contributed by atoms with Gasteiger partial charge in [0.25, 0.3) is 18.2 Å². The van der Waals surface area contributed by atoms with Gasteiger partial charge in [-0.3, -0.25) is 9.59 Å². The van der Waals surface area contributed by atoms with Crippen LogP contribution in [-0.2, 0) is 4.79 Å². The summed E-state index contributed by atoms with van der Waals surface area (Å²) in [5.41, 5.74) is 0.0338. The number of halogens is 4.